The van der Waals surface area contributed by atoms with Gasteiger partial charge in [0, 0.05) is 41.3 Å². The maximum atomic E-state index is 14.7. The number of hydrogen-bond acceptors (Lipinski definition) is 3. The summed E-state index contributed by atoms with van der Waals surface area (Å²) < 4.78 is 14.7. The van der Waals surface area contributed by atoms with Crippen molar-refractivity contribution in [3.8, 4) is 0 Å². The number of hydroxylamine groups is 1. The van der Waals surface area contributed by atoms with Gasteiger partial charge in [0.2, 0.25) is 0 Å². The summed E-state index contributed by atoms with van der Waals surface area (Å²) in [5.74, 6) is -0.595. The highest BCUT2D eigenvalue weighted by Crippen LogP contribution is 2.37. The minimum atomic E-state index is -0.653. The summed E-state index contributed by atoms with van der Waals surface area (Å²) in [5, 5.41) is 9.79. The van der Waals surface area contributed by atoms with Gasteiger partial charge in [-0.15, -0.1) is 0 Å². The predicted molar refractivity (Wildman–Crippen MR) is 126 cm³/mol. The molecule has 2 heterocycles. The molecule has 1 aliphatic rings. The molecule has 32 heavy (non-hydrogen) atoms. The molecule has 1 aliphatic heterocycles. The van der Waals surface area contributed by atoms with Crippen molar-refractivity contribution in [1.29, 1.82) is 0 Å². The Morgan fingerprint density at radius 2 is 2.16 bits per heavy atom. The molecular weight excluding hydrogens is 405 g/mol. The normalized spacial score (nSPS) is 17.2. The number of aromatic amines is 1. The van der Waals surface area contributed by atoms with Gasteiger partial charge in [-0.2, -0.15) is 0 Å². The number of carbonyl (C=O) groups excluding carboxylic acids is 1. The summed E-state index contributed by atoms with van der Waals surface area (Å²) in [6, 6.07) is 13.3. The van der Waals surface area contributed by atoms with Crippen LogP contribution in [0.1, 0.15) is 48.1 Å². The third-order valence-electron chi connectivity index (χ3n) is 6.10. The molecule has 166 valence electrons. The molecule has 0 spiro atoms. The molecule has 2 aromatic carbocycles. The van der Waals surface area contributed by atoms with Gasteiger partial charge in [-0.25, -0.2) is 9.87 Å². The topological polar surface area (TPSA) is 68.4 Å². The van der Waals surface area contributed by atoms with E-state index >= 15 is 0 Å². The lowest BCUT2D eigenvalue weighted by Gasteiger charge is -2.33. The monoisotopic (exact) mass is 433 g/mol. The average Bonchev–Trinajstić information content (AvgIpc) is 3.19. The molecule has 1 atom stereocenters. The first-order valence-electron chi connectivity index (χ1n) is 10.9. The first-order valence-corrected chi connectivity index (χ1v) is 10.9. The number of halogens is 1. The van der Waals surface area contributed by atoms with Crippen LogP contribution in [0.3, 0.4) is 0 Å². The average molecular weight is 434 g/mol. The Kier molecular flexibility index (Phi) is 6.53. The van der Waals surface area contributed by atoms with E-state index in [-0.39, 0.29) is 5.82 Å². The van der Waals surface area contributed by atoms with Gasteiger partial charge >= 0.3 is 0 Å². The Bertz CT molecular complexity index is 1180. The van der Waals surface area contributed by atoms with Gasteiger partial charge < -0.3 is 4.98 Å². The van der Waals surface area contributed by atoms with E-state index in [4.69, 9.17) is 5.21 Å². The van der Waals surface area contributed by atoms with Crippen LogP contribution in [0, 0.1) is 5.82 Å². The predicted octanol–water partition coefficient (Wildman–Crippen LogP) is 5.24. The Hall–Kier alpha value is -3.22. The van der Waals surface area contributed by atoms with Crippen molar-refractivity contribution in [2.24, 2.45) is 0 Å². The first kappa shape index (κ1) is 22.0. The van der Waals surface area contributed by atoms with E-state index in [1.54, 1.807) is 12.1 Å². The highest BCUT2D eigenvalue weighted by atomic mass is 19.1. The summed E-state index contributed by atoms with van der Waals surface area (Å²) in [4.78, 5) is 17.0. The lowest BCUT2D eigenvalue weighted by Crippen LogP contribution is -2.34. The van der Waals surface area contributed by atoms with Gasteiger partial charge in [0.05, 0.1) is 0 Å². The number of aromatic nitrogens is 1. The van der Waals surface area contributed by atoms with Crippen LogP contribution in [-0.4, -0.2) is 34.1 Å². The standard InChI is InChI=1S/C26H28FN3O2/c1-17(2)26-25(21-7-3-4-8-23(21)28-26)20-6-5-13-30(16-20)15-19-11-9-18(14-22(19)27)10-12-24(31)29-32/h3-4,7-12,14,20,28,32H,1,5-6,13,15-16H2,2H3,(H,29,31)/b12-10+. The van der Waals surface area contributed by atoms with Crippen LogP contribution in [0.5, 0.6) is 0 Å². The maximum Gasteiger partial charge on any atom is 0.267 e. The summed E-state index contributed by atoms with van der Waals surface area (Å²) in [7, 11) is 0. The van der Waals surface area contributed by atoms with Crippen molar-refractivity contribution < 1.29 is 14.4 Å². The molecule has 0 bridgehead atoms. The molecule has 0 saturated carbocycles. The van der Waals surface area contributed by atoms with E-state index in [1.165, 1.54) is 28.6 Å². The number of para-hydroxylation sites is 1. The highest BCUT2D eigenvalue weighted by Gasteiger charge is 2.27. The third-order valence-corrected chi connectivity index (χ3v) is 6.10. The van der Waals surface area contributed by atoms with E-state index in [2.05, 4.69) is 34.7 Å². The number of fused-ring (bicyclic) bond motifs is 1. The smallest absolute Gasteiger partial charge is 0.267 e. The number of likely N-dealkylation sites (tertiary alicyclic amines) is 1. The molecule has 3 N–H and O–H groups in total. The van der Waals surface area contributed by atoms with Gasteiger partial charge in [-0.05, 0) is 67.1 Å². The number of amides is 1. The third kappa shape index (κ3) is 4.66. The van der Waals surface area contributed by atoms with E-state index < -0.39 is 5.91 Å². The molecule has 4 rings (SSSR count). The van der Waals surface area contributed by atoms with Gasteiger partial charge in [0.25, 0.3) is 5.91 Å². The van der Waals surface area contributed by atoms with Gasteiger partial charge in [-0.1, -0.05) is 36.9 Å². The molecule has 1 saturated heterocycles. The quantitative estimate of drug-likeness (QED) is 0.283. The minimum absolute atomic E-state index is 0.298. The number of piperidine rings is 1. The molecule has 5 nitrogen and oxygen atoms in total. The van der Waals surface area contributed by atoms with Crippen LogP contribution >= 0.6 is 0 Å². The molecule has 3 aromatic rings. The molecule has 0 radical (unpaired) electrons. The van der Waals surface area contributed by atoms with Crippen molar-refractivity contribution in [1.82, 2.24) is 15.4 Å². The molecular formula is C26H28FN3O2. The number of rotatable bonds is 6. The fourth-order valence-electron chi connectivity index (χ4n) is 4.60. The SMILES string of the molecule is C=C(C)c1[nH]c2ccccc2c1C1CCCN(Cc2ccc(/C=C/C(=O)NO)cc2F)C1. The number of hydrogen-bond donors (Lipinski definition) is 3. The minimum Gasteiger partial charge on any atom is -0.355 e. The van der Waals surface area contributed by atoms with Crippen LogP contribution in [0.15, 0.2) is 55.1 Å². The number of allylic oxidation sites excluding steroid dienone is 1. The van der Waals surface area contributed by atoms with Crippen LogP contribution in [0.2, 0.25) is 0 Å². The summed E-state index contributed by atoms with van der Waals surface area (Å²) >= 11 is 0. The zero-order valence-electron chi connectivity index (χ0n) is 18.2. The molecule has 6 heteroatoms. The zero-order chi connectivity index (χ0) is 22.7. The number of carbonyl (C=O) groups is 1. The molecule has 1 amide bonds. The second-order valence-electron chi connectivity index (χ2n) is 8.47. The Morgan fingerprint density at radius 3 is 2.91 bits per heavy atom. The van der Waals surface area contributed by atoms with E-state index in [0.29, 0.717) is 23.6 Å². The maximum absolute atomic E-state index is 14.7. The zero-order valence-corrected chi connectivity index (χ0v) is 18.2. The van der Waals surface area contributed by atoms with Crippen molar-refractivity contribution >= 4 is 28.5 Å². The molecule has 1 fully saturated rings. The molecule has 0 aliphatic carbocycles. The fourth-order valence-corrected chi connectivity index (χ4v) is 4.60. The van der Waals surface area contributed by atoms with E-state index in [1.807, 2.05) is 13.0 Å². The fraction of sp³-hybridized carbons (Fsp3) is 0.269. The van der Waals surface area contributed by atoms with Crippen molar-refractivity contribution in [2.45, 2.75) is 32.2 Å². The summed E-state index contributed by atoms with van der Waals surface area (Å²) in [6.07, 6.45) is 4.77. The molecule has 1 unspecified atom stereocenters. The van der Waals surface area contributed by atoms with Crippen LogP contribution in [0.25, 0.3) is 22.6 Å². The van der Waals surface area contributed by atoms with Crippen LogP contribution in [-0.2, 0) is 11.3 Å². The van der Waals surface area contributed by atoms with Crippen LogP contribution in [0.4, 0.5) is 4.39 Å². The van der Waals surface area contributed by atoms with E-state index in [9.17, 15) is 9.18 Å². The van der Waals surface area contributed by atoms with Crippen molar-refractivity contribution in [3.05, 3.63) is 83.3 Å². The second kappa shape index (κ2) is 9.51. The number of nitrogens with zero attached hydrogens (tertiary/aromatic N) is 1. The number of H-pyrrole nitrogens is 1. The van der Waals surface area contributed by atoms with Crippen molar-refractivity contribution in [3.63, 3.8) is 0 Å². The van der Waals surface area contributed by atoms with Crippen LogP contribution < -0.4 is 5.48 Å². The number of nitrogens with one attached hydrogen (secondary N) is 2. The molecule has 1 aromatic heterocycles. The largest absolute Gasteiger partial charge is 0.355 e. The number of benzene rings is 2. The first-order chi connectivity index (χ1) is 15.5. The summed E-state index contributed by atoms with van der Waals surface area (Å²) in [6.45, 7) is 8.53. The Morgan fingerprint density at radius 1 is 1.34 bits per heavy atom. The van der Waals surface area contributed by atoms with Gasteiger partial charge in [-0.3, -0.25) is 14.9 Å². The Labute approximate surface area is 187 Å². The van der Waals surface area contributed by atoms with Gasteiger partial charge in [0.15, 0.2) is 0 Å². The van der Waals surface area contributed by atoms with Gasteiger partial charge in [0.1, 0.15) is 5.82 Å². The highest BCUT2D eigenvalue weighted by molar-refractivity contribution is 5.91. The lowest BCUT2D eigenvalue weighted by atomic mass is 9.87. The summed E-state index contributed by atoms with van der Waals surface area (Å²) in [5.41, 5.74) is 7.31. The second-order valence-corrected chi connectivity index (χ2v) is 8.47. The van der Waals surface area contributed by atoms with Crippen molar-refractivity contribution in [2.75, 3.05) is 13.1 Å². The lowest BCUT2D eigenvalue weighted by molar-refractivity contribution is -0.124. The van der Waals surface area contributed by atoms with E-state index in [0.717, 1.165) is 48.8 Å². The Balaban J connectivity index is 1.53.